The van der Waals surface area contributed by atoms with Gasteiger partial charge in [-0.2, -0.15) is 5.21 Å². The molecule has 0 atom stereocenters. The van der Waals surface area contributed by atoms with E-state index in [1.807, 2.05) is 5.01 Å². The summed E-state index contributed by atoms with van der Waals surface area (Å²) in [5.41, 5.74) is 4.62. The number of carbonyl (C=O) groups is 2. The Labute approximate surface area is 229 Å². The minimum Gasteiger partial charge on any atom is -0.406 e. The van der Waals surface area contributed by atoms with Crippen molar-refractivity contribution in [3.63, 3.8) is 0 Å². The number of nitrogens with zero attached hydrogens (tertiary/aromatic N) is 4. The van der Waals surface area contributed by atoms with Crippen LogP contribution in [0.5, 0.6) is 5.75 Å². The molecule has 3 aromatic rings. The van der Waals surface area contributed by atoms with Crippen molar-refractivity contribution in [2.75, 3.05) is 5.32 Å². The molecule has 1 fully saturated rings. The van der Waals surface area contributed by atoms with Crippen molar-refractivity contribution in [3.05, 3.63) is 65.2 Å². The molecular formula is C27H32F3N7O3. The Morgan fingerprint density at radius 3 is 2.10 bits per heavy atom. The minimum absolute atomic E-state index is 0.0619. The first-order valence-corrected chi connectivity index (χ1v) is 12.9. The van der Waals surface area contributed by atoms with E-state index in [4.69, 9.17) is 0 Å². The van der Waals surface area contributed by atoms with E-state index in [-0.39, 0.29) is 23.0 Å². The highest BCUT2D eigenvalue weighted by atomic mass is 19.4. The van der Waals surface area contributed by atoms with Crippen molar-refractivity contribution >= 4 is 17.8 Å². The molecule has 214 valence electrons. The summed E-state index contributed by atoms with van der Waals surface area (Å²) in [7, 11) is 0. The number of alkyl halides is 3. The normalized spacial score (nSPS) is 17.9. The lowest BCUT2D eigenvalue weighted by Gasteiger charge is -2.41. The molecule has 1 aromatic heterocycles. The van der Waals surface area contributed by atoms with Crippen molar-refractivity contribution in [1.29, 1.82) is 0 Å². The van der Waals surface area contributed by atoms with Gasteiger partial charge in [-0.15, -0.1) is 18.3 Å². The summed E-state index contributed by atoms with van der Waals surface area (Å²) in [4.78, 5) is 25.6. The molecule has 10 nitrogen and oxygen atoms in total. The number of nitrogens with one attached hydrogen (secondary N) is 3. The summed E-state index contributed by atoms with van der Waals surface area (Å²) >= 11 is 0. The fourth-order valence-electron chi connectivity index (χ4n) is 4.86. The third-order valence-corrected chi connectivity index (χ3v) is 7.10. The smallest absolute Gasteiger partial charge is 0.406 e. The van der Waals surface area contributed by atoms with Crippen molar-refractivity contribution < 1.29 is 27.5 Å². The number of anilines is 1. The third-order valence-electron chi connectivity index (χ3n) is 7.10. The fourth-order valence-corrected chi connectivity index (χ4v) is 4.86. The van der Waals surface area contributed by atoms with Crippen LogP contribution in [0.3, 0.4) is 0 Å². The summed E-state index contributed by atoms with van der Waals surface area (Å²) in [5.74, 6) is -0.597. The van der Waals surface area contributed by atoms with E-state index in [9.17, 15) is 22.8 Å². The summed E-state index contributed by atoms with van der Waals surface area (Å²) in [6, 6.07) is 11.8. The Morgan fingerprint density at radius 1 is 0.950 bits per heavy atom. The van der Waals surface area contributed by atoms with E-state index in [1.54, 1.807) is 24.3 Å². The third kappa shape index (κ3) is 8.01. The van der Waals surface area contributed by atoms with Gasteiger partial charge in [0.05, 0.1) is 0 Å². The maximum atomic E-state index is 13.1. The number of H-pyrrole nitrogens is 1. The van der Waals surface area contributed by atoms with Crippen LogP contribution >= 0.6 is 0 Å². The van der Waals surface area contributed by atoms with Gasteiger partial charge in [-0.3, -0.25) is 20.3 Å². The number of hydrogen-bond donors (Lipinski definition) is 3. The average Bonchev–Trinajstić information content (AvgIpc) is 3.41. The summed E-state index contributed by atoms with van der Waals surface area (Å²) in [6.45, 7) is 7.08. The van der Waals surface area contributed by atoms with Crippen LogP contribution in [0.15, 0.2) is 48.5 Å². The van der Waals surface area contributed by atoms with Gasteiger partial charge in [0.1, 0.15) is 5.75 Å². The second-order valence-corrected chi connectivity index (χ2v) is 10.9. The highest BCUT2D eigenvalue weighted by Gasteiger charge is 2.33. The molecule has 1 heterocycles. The summed E-state index contributed by atoms with van der Waals surface area (Å²) in [5, 5.41) is 17.5. The number of benzene rings is 2. The molecule has 1 saturated carbocycles. The zero-order valence-corrected chi connectivity index (χ0v) is 22.5. The Balaban J connectivity index is 1.46. The number of carbonyl (C=O) groups excluding carboxylic acids is 2. The molecule has 1 aliphatic rings. The van der Waals surface area contributed by atoms with E-state index in [2.05, 4.69) is 56.9 Å². The van der Waals surface area contributed by atoms with Gasteiger partial charge in [0, 0.05) is 23.7 Å². The molecule has 0 saturated heterocycles. The average molecular weight is 560 g/mol. The zero-order chi connectivity index (χ0) is 28.9. The minimum atomic E-state index is -4.81. The van der Waals surface area contributed by atoms with E-state index < -0.39 is 23.9 Å². The van der Waals surface area contributed by atoms with E-state index >= 15 is 0 Å². The van der Waals surface area contributed by atoms with Crippen LogP contribution in [0.4, 0.5) is 19.1 Å². The SMILES string of the molecule is CC(C)(C)[C@H]1CC[C@H](N(Cc2ccc(C(=O)Nc3nn[nH]n3)cc2)NC(=O)c2ccc(OC(F)(F)F)cc2)CC1. The molecule has 3 N–H and O–H groups in total. The van der Waals surface area contributed by atoms with Crippen molar-refractivity contribution in [1.82, 2.24) is 31.1 Å². The lowest BCUT2D eigenvalue weighted by Crippen LogP contribution is -2.49. The van der Waals surface area contributed by atoms with Gasteiger partial charge in [0.25, 0.3) is 17.8 Å². The topological polar surface area (TPSA) is 125 Å². The highest BCUT2D eigenvalue weighted by molar-refractivity contribution is 6.03. The molecule has 0 aliphatic heterocycles. The predicted octanol–water partition coefficient (Wildman–Crippen LogP) is 5.10. The van der Waals surface area contributed by atoms with Crippen molar-refractivity contribution in [3.8, 4) is 5.75 Å². The second kappa shape index (κ2) is 12.0. The Bertz CT molecular complexity index is 1270. The number of hydrogen-bond acceptors (Lipinski definition) is 7. The quantitative estimate of drug-likeness (QED) is 0.328. The zero-order valence-electron chi connectivity index (χ0n) is 22.5. The Kier molecular flexibility index (Phi) is 8.72. The van der Waals surface area contributed by atoms with Gasteiger partial charge in [0.15, 0.2) is 0 Å². The number of rotatable bonds is 8. The number of halogens is 3. The Morgan fingerprint density at radius 2 is 1.55 bits per heavy atom. The van der Waals surface area contributed by atoms with Crippen LogP contribution in [0.2, 0.25) is 0 Å². The standard InChI is InChI=1S/C27H32F3N7O3/c1-26(2,3)20-10-12-21(13-11-20)37(34-24(39)19-8-14-22(15-9-19)40-27(28,29)30)16-17-4-6-18(7-5-17)23(38)31-25-32-35-36-33-25/h4-9,14-15,20-21H,10-13,16H2,1-3H3,(H,34,39)(H2,31,32,33,35,36,38)/t20-,21-. The number of tetrazole rings is 1. The number of amides is 2. The van der Waals surface area contributed by atoms with Crippen LogP contribution in [-0.4, -0.2) is 49.9 Å². The molecule has 13 heteroatoms. The highest BCUT2D eigenvalue weighted by Crippen LogP contribution is 2.39. The van der Waals surface area contributed by atoms with Crippen LogP contribution < -0.4 is 15.5 Å². The lowest BCUT2D eigenvalue weighted by atomic mass is 9.71. The molecule has 0 radical (unpaired) electrons. The first-order chi connectivity index (χ1) is 18.9. The van der Waals surface area contributed by atoms with Crippen molar-refractivity contribution in [2.45, 2.75) is 65.4 Å². The molecule has 2 aromatic carbocycles. The van der Waals surface area contributed by atoms with Gasteiger partial charge in [0.2, 0.25) is 0 Å². The Hall–Kier alpha value is -4.00. The maximum absolute atomic E-state index is 13.1. The van der Waals surface area contributed by atoms with Crippen LogP contribution in [0.1, 0.15) is 72.7 Å². The van der Waals surface area contributed by atoms with Crippen LogP contribution in [-0.2, 0) is 6.54 Å². The number of aromatic amines is 1. The largest absolute Gasteiger partial charge is 0.573 e. The molecule has 0 bridgehead atoms. The first-order valence-electron chi connectivity index (χ1n) is 12.9. The van der Waals surface area contributed by atoms with Crippen LogP contribution in [0, 0.1) is 11.3 Å². The van der Waals surface area contributed by atoms with Gasteiger partial charge in [-0.05, 0) is 84.2 Å². The van der Waals surface area contributed by atoms with Gasteiger partial charge < -0.3 is 4.74 Å². The number of aromatic nitrogens is 4. The molecule has 1 aliphatic carbocycles. The molecule has 2 amide bonds. The summed E-state index contributed by atoms with van der Waals surface area (Å²) < 4.78 is 41.4. The van der Waals surface area contributed by atoms with Crippen molar-refractivity contribution in [2.24, 2.45) is 11.3 Å². The van der Waals surface area contributed by atoms with Gasteiger partial charge >= 0.3 is 6.36 Å². The lowest BCUT2D eigenvalue weighted by molar-refractivity contribution is -0.274. The monoisotopic (exact) mass is 559 g/mol. The molecule has 40 heavy (non-hydrogen) atoms. The first kappa shape index (κ1) is 29.0. The molecular weight excluding hydrogens is 527 g/mol. The molecule has 0 unspecified atom stereocenters. The second-order valence-electron chi connectivity index (χ2n) is 10.9. The number of hydrazine groups is 1. The van der Waals surface area contributed by atoms with E-state index in [0.29, 0.717) is 18.0 Å². The molecule has 0 spiro atoms. The predicted molar refractivity (Wildman–Crippen MR) is 140 cm³/mol. The maximum Gasteiger partial charge on any atom is 0.573 e. The molecule has 4 rings (SSSR count). The van der Waals surface area contributed by atoms with Crippen LogP contribution in [0.25, 0.3) is 0 Å². The summed E-state index contributed by atoms with van der Waals surface area (Å²) in [6.07, 6.45) is -1.02. The number of ether oxygens (including phenoxy) is 1. The van der Waals surface area contributed by atoms with E-state index in [1.165, 1.54) is 12.1 Å². The van der Waals surface area contributed by atoms with E-state index in [0.717, 1.165) is 43.4 Å². The van der Waals surface area contributed by atoms with Gasteiger partial charge in [-0.25, -0.2) is 5.01 Å². The fraction of sp³-hybridized carbons (Fsp3) is 0.444. The van der Waals surface area contributed by atoms with Gasteiger partial charge in [-0.1, -0.05) is 38.0 Å².